The third-order valence-electron chi connectivity index (χ3n) is 11.1. The number of nitrogens with zero attached hydrogens (tertiary/aromatic N) is 5. The first-order valence-electron chi connectivity index (χ1n) is 17.1. The Morgan fingerprint density at radius 1 is 1.17 bits per heavy atom. The number of piperazine rings is 1. The van der Waals surface area contributed by atoms with E-state index in [1.54, 1.807) is 0 Å². The molecule has 48 heavy (non-hydrogen) atoms. The smallest absolute Gasteiger partial charge is 0.410 e. The summed E-state index contributed by atoms with van der Waals surface area (Å²) in [5.74, 6) is -0.185. The van der Waals surface area contributed by atoms with E-state index in [4.69, 9.17) is 30.5 Å². The van der Waals surface area contributed by atoms with Crippen molar-refractivity contribution < 1.29 is 27.5 Å². The molecule has 0 N–H and O–H groups in total. The minimum absolute atomic E-state index is 0.0140. The maximum Gasteiger partial charge on any atom is 0.410 e. The molecule has 4 saturated heterocycles. The van der Waals surface area contributed by atoms with Crippen LogP contribution in [0.1, 0.15) is 73.6 Å². The van der Waals surface area contributed by atoms with E-state index in [1.807, 2.05) is 25.7 Å². The van der Waals surface area contributed by atoms with Crippen molar-refractivity contribution in [3.63, 3.8) is 0 Å². The zero-order valence-corrected chi connectivity index (χ0v) is 32.7. The molecule has 5 atom stereocenters. The van der Waals surface area contributed by atoms with Crippen LogP contribution in [0.4, 0.5) is 19.4 Å². The zero-order valence-electron chi connectivity index (χ0n) is 29.3. The first-order valence-corrected chi connectivity index (χ1v) is 21.2. The normalized spacial score (nSPS) is 28.0. The van der Waals surface area contributed by atoms with Gasteiger partial charge in [-0.15, -0.1) is 0 Å². The van der Waals surface area contributed by atoms with E-state index in [1.165, 1.54) is 6.07 Å². The molecule has 6 rings (SSSR count). The van der Waals surface area contributed by atoms with Gasteiger partial charge < -0.3 is 18.8 Å². The van der Waals surface area contributed by atoms with Crippen molar-refractivity contribution in [2.45, 2.75) is 127 Å². The van der Waals surface area contributed by atoms with Gasteiger partial charge in [0, 0.05) is 24.0 Å². The summed E-state index contributed by atoms with van der Waals surface area (Å²) < 4.78 is 50.0. The molecule has 4 fully saturated rings. The van der Waals surface area contributed by atoms with Gasteiger partial charge in [0.25, 0.3) is 0 Å². The molecule has 1 aromatic carbocycles. The number of hydrogen-bond donors (Lipinski definition) is 0. The summed E-state index contributed by atoms with van der Waals surface area (Å²) in [6.45, 7) is 18.8. The Hall–Kier alpha value is -1.80. The SMILES string of the molecule is CC(C)(C)OC(=O)N1[C@@H]2CC[C@H]1[C@@H](CO[Si](C)(C)C(C)(C)C)N(c1nc(OC[C@@]34CCCN3C[C@H](F)C4)nc3c(F)c(Cl)cc(Br)c13)C2. The molecule has 14 heteroatoms. The number of halogens is 4. The van der Waals surface area contributed by atoms with E-state index in [-0.39, 0.29) is 52.4 Å². The molecular formula is C34H49BrClF2N5O4Si. The van der Waals surface area contributed by atoms with E-state index < -0.39 is 31.4 Å². The summed E-state index contributed by atoms with van der Waals surface area (Å²) in [7, 11) is -2.22. The summed E-state index contributed by atoms with van der Waals surface area (Å²) >= 11 is 9.98. The van der Waals surface area contributed by atoms with Gasteiger partial charge in [-0.2, -0.15) is 9.97 Å². The highest BCUT2D eigenvalue weighted by Gasteiger charge is 2.52. The number of fused-ring (bicyclic) bond motifs is 4. The van der Waals surface area contributed by atoms with E-state index in [9.17, 15) is 9.18 Å². The van der Waals surface area contributed by atoms with Crippen LogP contribution in [0, 0.1) is 5.82 Å². The largest absolute Gasteiger partial charge is 0.461 e. The number of ether oxygens (including phenoxy) is 2. The molecule has 2 bridgehead atoms. The third-order valence-corrected chi connectivity index (χ3v) is 16.5. The summed E-state index contributed by atoms with van der Waals surface area (Å²) in [5, 5.41) is 0.360. The Morgan fingerprint density at radius 3 is 2.58 bits per heavy atom. The van der Waals surface area contributed by atoms with Crippen LogP contribution < -0.4 is 9.64 Å². The number of rotatable bonds is 7. The van der Waals surface area contributed by atoms with E-state index in [2.05, 4.69) is 64.6 Å². The molecule has 4 aliphatic rings. The number of carbonyl (C=O) groups excluding carboxylic acids is 1. The molecule has 0 unspecified atom stereocenters. The molecule has 0 saturated carbocycles. The Bertz CT molecular complexity index is 1570. The summed E-state index contributed by atoms with van der Waals surface area (Å²) in [6.07, 6.45) is 2.48. The first-order chi connectivity index (χ1) is 22.3. The fraction of sp³-hybridized carbons (Fsp3) is 0.735. The number of alkyl halides is 1. The molecule has 4 aliphatic heterocycles. The lowest BCUT2D eigenvalue weighted by Crippen LogP contribution is -2.64. The van der Waals surface area contributed by atoms with E-state index in [0.717, 1.165) is 32.2 Å². The number of hydrogen-bond acceptors (Lipinski definition) is 8. The van der Waals surface area contributed by atoms with Crippen LogP contribution in [0.25, 0.3) is 10.9 Å². The van der Waals surface area contributed by atoms with Crippen LogP contribution >= 0.6 is 27.5 Å². The average molecular weight is 773 g/mol. The minimum Gasteiger partial charge on any atom is -0.461 e. The molecule has 0 spiro atoms. The van der Waals surface area contributed by atoms with Gasteiger partial charge in [-0.25, -0.2) is 13.6 Å². The molecule has 0 aliphatic carbocycles. The molecular weight excluding hydrogens is 724 g/mol. The average Bonchev–Trinajstić information content (AvgIpc) is 3.61. The standard InChI is InChI=1S/C34H49BrClF2N5O4Si/c1-32(2,3)47-31(44)43-21-10-11-24(43)25(18-46-48(7,8)33(4,5)6)42(17-21)29-26-22(35)14-23(36)27(38)28(26)39-30(40-29)45-19-34-12-9-13-41(34)16-20(37)15-34/h14,20-21,24-25H,9-13,15-19H2,1-8H3/t20-,21-,24+,25-,34+/m1/s1. The number of amides is 1. The third kappa shape index (κ3) is 6.67. The zero-order chi connectivity index (χ0) is 35.0. The van der Waals surface area contributed by atoms with Crippen LogP contribution in [0.15, 0.2) is 10.5 Å². The number of benzene rings is 1. The maximum absolute atomic E-state index is 15.9. The van der Waals surface area contributed by atoms with Gasteiger partial charge in [0.2, 0.25) is 0 Å². The Kier molecular flexibility index (Phi) is 9.57. The van der Waals surface area contributed by atoms with Gasteiger partial charge in [-0.3, -0.25) is 9.80 Å². The Balaban J connectivity index is 1.42. The molecule has 5 heterocycles. The van der Waals surface area contributed by atoms with Crippen LogP contribution in [0.3, 0.4) is 0 Å². The number of aromatic nitrogens is 2. The van der Waals surface area contributed by atoms with Gasteiger partial charge in [0.15, 0.2) is 14.1 Å². The van der Waals surface area contributed by atoms with Crippen LogP contribution in [-0.2, 0) is 9.16 Å². The highest BCUT2D eigenvalue weighted by atomic mass is 79.9. The minimum atomic E-state index is -2.22. The summed E-state index contributed by atoms with van der Waals surface area (Å²) in [5.41, 5.74) is -1.04. The topological polar surface area (TPSA) is 80.3 Å². The molecule has 9 nitrogen and oxygen atoms in total. The predicted octanol–water partition coefficient (Wildman–Crippen LogP) is 8.12. The Morgan fingerprint density at radius 2 is 1.90 bits per heavy atom. The molecule has 0 radical (unpaired) electrons. The van der Waals surface area contributed by atoms with Crippen LogP contribution in [0.5, 0.6) is 6.01 Å². The molecule has 2 aromatic rings. The summed E-state index contributed by atoms with van der Waals surface area (Å²) in [4.78, 5) is 29.4. The number of carbonyl (C=O) groups is 1. The second-order valence-electron chi connectivity index (χ2n) is 16.5. The van der Waals surface area contributed by atoms with Crippen LogP contribution in [-0.4, -0.2) is 102 Å². The molecule has 1 aromatic heterocycles. The van der Waals surface area contributed by atoms with Gasteiger partial charge in [-0.1, -0.05) is 32.4 Å². The highest BCUT2D eigenvalue weighted by molar-refractivity contribution is 9.10. The maximum atomic E-state index is 15.9. The van der Waals surface area contributed by atoms with Crippen molar-refractivity contribution in [1.29, 1.82) is 0 Å². The fourth-order valence-corrected chi connectivity index (χ4v) is 9.63. The monoisotopic (exact) mass is 771 g/mol. The van der Waals surface area contributed by atoms with Gasteiger partial charge in [0.1, 0.15) is 29.7 Å². The second kappa shape index (κ2) is 12.8. The van der Waals surface area contributed by atoms with Gasteiger partial charge in [0.05, 0.1) is 40.7 Å². The summed E-state index contributed by atoms with van der Waals surface area (Å²) in [6, 6.07) is 0.854. The number of anilines is 1. The quantitative estimate of drug-likeness (QED) is 0.206. The van der Waals surface area contributed by atoms with Crippen molar-refractivity contribution in [3.05, 3.63) is 21.4 Å². The highest BCUT2D eigenvalue weighted by Crippen LogP contribution is 2.45. The van der Waals surface area contributed by atoms with Crippen molar-refractivity contribution in [2.75, 3.05) is 37.7 Å². The first kappa shape index (κ1) is 36.0. The van der Waals surface area contributed by atoms with Crippen molar-refractivity contribution in [3.8, 4) is 6.01 Å². The Labute approximate surface area is 297 Å². The van der Waals surface area contributed by atoms with Crippen molar-refractivity contribution in [1.82, 2.24) is 19.8 Å². The predicted molar refractivity (Wildman–Crippen MR) is 190 cm³/mol. The lowest BCUT2D eigenvalue weighted by molar-refractivity contribution is 0.00490. The van der Waals surface area contributed by atoms with E-state index >= 15 is 4.39 Å². The molecule has 1 amide bonds. The lowest BCUT2D eigenvalue weighted by atomic mass is 9.95. The van der Waals surface area contributed by atoms with Crippen molar-refractivity contribution in [2.24, 2.45) is 0 Å². The van der Waals surface area contributed by atoms with Gasteiger partial charge >= 0.3 is 12.1 Å². The van der Waals surface area contributed by atoms with E-state index in [0.29, 0.717) is 41.8 Å². The molecule has 266 valence electrons. The van der Waals surface area contributed by atoms with Gasteiger partial charge in [-0.05, 0) is 93.1 Å². The lowest BCUT2D eigenvalue weighted by Gasteiger charge is -2.48. The fourth-order valence-electron chi connectivity index (χ4n) is 7.68. The van der Waals surface area contributed by atoms with Crippen molar-refractivity contribution >= 4 is 58.7 Å². The van der Waals surface area contributed by atoms with Crippen LogP contribution in [0.2, 0.25) is 23.2 Å². The second-order valence-corrected chi connectivity index (χ2v) is 22.6.